The number of oxazole rings is 1. The fourth-order valence-corrected chi connectivity index (χ4v) is 2.64. The highest BCUT2D eigenvalue weighted by Crippen LogP contribution is 2.36. The summed E-state index contributed by atoms with van der Waals surface area (Å²) in [5.41, 5.74) is 1.14. The topological polar surface area (TPSA) is 26.0 Å². The third kappa shape index (κ3) is 1.84. The van der Waals surface area contributed by atoms with E-state index in [-0.39, 0.29) is 0 Å². The number of hydrogen-bond donors (Lipinski definition) is 0. The van der Waals surface area contributed by atoms with Crippen molar-refractivity contribution in [1.82, 2.24) is 4.98 Å². The Morgan fingerprint density at radius 3 is 3.00 bits per heavy atom. The predicted octanol–water partition coefficient (Wildman–Crippen LogP) is 3.66. The van der Waals surface area contributed by atoms with Crippen LogP contribution in [-0.2, 0) is 6.42 Å². The summed E-state index contributed by atoms with van der Waals surface area (Å²) in [5, 5.41) is 0. The molecular weight excluding hydrogens is 206 g/mol. The molecule has 3 heteroatoms. The van der Waals surface area contributed by atoms with Crippen molar-refractivity contribution in [2.45, 2.75) is 26.2 Å². The molecule has 0 atom stereocenters. The number of aryl methyl sites for hydroxylation is 1. The summed E-state index contributed by atoms with van der Waals surface area (Å²) in [4.78, 5) is 6.85. The first-order valence-electron chi connectivity index (χ1n) is 5.32. The van der Waals surface area contributed by atoms with Crippen LogP contribution in [0.5, 0.6) is 0 Å². The maximum absolute atomic E-state index is 5.49. The third-order valence-corrected chi connectivity index (χ3v) is 3.78. The Balaban J connectivity index is 1.92. The Kier molecular flexibility index (Phi) is 2.13. The van der Waals surface area contributed by atoms with Crippen LogP contribution in [0.25, 0.3) is 10.6 Å². The molecule has 0 aliphatic heterocycles. The normalized spacial score (nSPS) is 15.8. The van der Waals surface area contributed by atoms with Gasteiger partial charge in [0, 0.05) is 4.88 Å². The molecule has 0 spiro atoms. The summed E-state index contributed by atoms with van der Waals surface area (Å²) in [6.07, 6.45) is 5.37. The van der Waals surface area contributed by atoms with E-state index in [1.807, 2.05) is 0 Å². The standard InChI is InChI=1S/C12H13NOS/c1-8-2-5-11(15-8)12-10(13-7-14-12)6-9-3-4-9/h2,5,7,9H,3-4,6H2,1H3. The molecule has 2 heterocycles. The highest BCUT2D eigenvalue weighted by atomic mass is 32.1. The second kappa shape index (κ2) is 3.49. The largest absolute Gasteiger partial charge is 0.442 e. The molecule has 1 aliphatic rings. The van der Waals surface area contributed by atoms with E-state index in [0.717, 1.165) is 23.8 Å². The molecule has 2 aromatic heterocycles. The number of nitrogens with zero attached hydrogens (tertiary/aromatic N) is 1. The molecular formula is C12H13NOS. The second-order valence-electron chi connectivity index (χ2n) is 4.19. The van der Waals surface area contributed by atoms with Gasteiger partial charge in [-0.1, -0.05) is 0 Å². The smallest absolute Gasteiger partial charge is 0.181 e. The molecule has 1 aliphatic carbocycles. The molecule has 15 heavy (non-hydrogen) atoms. The third-order valence-electron chi connectivity index (χ3n) is 2.78. The van der Waals surface area contributed by atoms with Gasteiger partial charge in [-0.05, 0) is 44.2 Å². The van der Waals surface area contributed by atoms with Crippen molar-refractivity contribution in [2.24, 2.45) is 5.92 Å². The van der Waals surface area contributed by atoms with Gasteiger partial charge in [0.2, 0.25) is 0 Å². The molecule has 0 radical (unpaired) electrons. The van der Waals surface area contributed by atoms with Gasteiger partial charge in [0.05, 0.1) is 10.6 Å². The zero-order valence-electron chi connectivity index (χ0n) is 8.69. The first kappa shape index (κ1) is 9.16. The molecule has 1 fully saturated rings. The van der Waals surface area contributed by atoms with E-state index in [4.69, 9.17) is 4.42 Å². The summed E-state index contributed by atoms with van der Waals surface area (Å²) in [7, 11) is 0. The lowest BCUT2D eigenvalue weighted by molar-refractivity contribution is 0.571. The highest BCUT2D eigenvalue weighted by molar-refractivity contribution is 7.15. The van der Waals surface area contributed by atoms with Gasteiger partial charge in [0.25, 0.3) is 0 Å². The van der Waals surface area contributed by atoms with Crippen LogP contribution in [0.15, 0.2) is 22.9 Å². The molecule has 0 N–H and O–H groups in total. The van der Waals surface area contributed by atoms with Crippen LogP contribution in [0.4, 0.5) is 0 Å². The molecule has 0 amide bonds. The van der Waals surface area contributed by atoms with Crippen LogP contribution in [0.2, 0.25) is 0 Å². The monoisotopic (exact) mass is 219 g/mol. The van der Waals surface area contributed by atoms with E-state index in [9.17, 15) is 0 Å². The van der Waals surface area contributed by atoms with Crippen molar-refractivity contribution in [1.29, 1.82) is 0 Å². The highest BCUT2D eigenvalue weighted by Gasteiger charge is 2.25. The Hall–Kier alpha value is -1.09. The average Bonchev–Trinajstić information content (AvgIpc) is 2.73. The van der Waals surface area contributed by atoms with Gasteiger partial charge >= 0.3 is 0 Å². The summed E-state index contributed by atoms with van der Waals surface area (Å²) >= 11 is 1.77. The van der Waals surface area contributed by atoms with Crippen molar-refractivity contribution in [2.75, 3.05) is 0 Å². The number of thiophene rings is 1. The lowest BCUT2D eigenvalue weighted by Crippen LogP contribution is -1.88. The Morgan fingerprint density at radius 2 is 2.33 bits per heavy atom. The van der Waals surface area contributed by atoms with Crippen LogP contribution in [0, 0.1) is 12.8 Å². The zero-order chi connectivity index (χ0) is 10.3. The quantitative estimate of drug-likeness (QED) is 0.787. The van der Waals surface area contributed by atoms with E-state index in [1.165, 1.54) is 22.6 Å². The Labute approximate surface area is 93.0 Å². The lowest BCUT2D eigenvalue weighted by Gasteiger charge is -1.96. The first-order chi connectivity index (χ1) is 7.33. The molecule has 78 valence electrons. The number of aromatic nitrogens is 1. The van der Waals surface area contributed by atoms with Gasteiger partial charge in [-0.15, -0.1) is 11.3 Å². The summed E-state index contributed by atoms with van der Waals surface area (Å²) in [6.45, 7) is 2.12. The number of hydrogen-bond acceptors (Lipinski definition) is 3. The Bertz CT molecular complexity index is 467. The van der Waals surface area contributed by atoms with Crippen LogP contribution >= 0.6 is 11.3 Å². The molecule has 0 unspecified atom stereocenters. The van der Waals surface area contributed by atoms with Gasteiger partial charge in [-0.3, -0.25) is 0 Å². The number of rotatable bonds is 3. The van der Waals surface area contributed by atoms with E-state index in [1.54, 1.807) is 17.7 Å². The summed E-state index contributed by atoms with van der Waals surface area (Å²) in [6, 6.07) is 4.25. The first-order valence-corrected chi connectivity index (χ1v) is 6.14. The fraction of sp³-hybridized carbons (Fsp3) is 0.417. The minimum absolute atomic E-state index is 0.856. The lowest BCUT2D eigenvalue weighted by atomic mass is 10.2. The van der Waals surface area contributed by atoms with Crippen molar-refractivity contribution in [3.8, 4) is 10.6 Å². The van der Waals surface area contributed by atoms with Gasteiger partial charge in [0.1, 0.15) is 0 Å². The molecule has 0 aromatic carbocycles. The Morgan fingerprint density at radius 1 is 1.47 bits per heavy atom. The predicted molar refractivity (Wildman–Crippen MR) is 61.0 cm³/mol. The maximum atomic E-state index is 5.49. The van der Waals surface area contributed by atoms with E-state index in [0.29, 0.717) is 0 Å². The van der Waals surface area contributed by atoms with Gasteiger partial charge in [-0.2, -0.15) is 0 Å². The molecule has 2 nitrogen and oxygen atoms in total. The van der Waals surface area contributed by atoms with E-state index in [2.05, 4.69) is 24.0 Å². The van der Waals surface area contributed by atoms with Gasteiger partial charge in [-0.25, -0.2) is 4.98 Å². The minimum atomic E-state index is 0.856. The van der Waals surface area contributed by atoms with Crippen LogP contribution < -0.4 is 0 Å². The van der Waals surface area contributed by atoms with Crippen LogP contribution in [-0.4, -0.2) is 4.98 Å². The van der Waals surface area contributed by atoms with Crippen molar-refractivity contribution in [3.63, 3.8) is 0 Å². The summed E-state index contributed by atoms with van der Waals surface area (Å²) < 4.78 is 5.49. The molecule has 2 aromatic rings. The SMILES string of the molecule is Cc1ccc(-c2ocnc2CC2CC2)s1. The van der Waals surface area contributed by atoms with Crippen molar-refractivity contribution >= 4 is 11.3 Å². The maximum Gasteiger partial charge on any atom is 0.181 e. The molecule has 0 saturated heterocycles. The molecule has 0 bridgehead atoms. The van der Waals surface area contributed by atoms with E-state index < -0.39 is 0 Å². The van der Waals surface area contributed by atoms with Gasteiger partial charge < -0.3 is 4.42 Å². The minimum Gasteiger partial charge on any atom is -0.442 e. The molecule has 3 rings (SSSR count). The molecule has 1 saturated carbocycles. The zero-order valence-corrected chi connectivity index (χ0v) is 9.51. The van der Waals surface area contributed by atoms with Crippen molar-refractivity contribution in [3.05, 3.63) is 29.1 Å². The van der Waals surface area contributed by atoms with Crippen LogP contribution in [0.1, 0.15) is 23.4 Å². The second-order valence-corrected chi connectivity index (χ2v) is 5.47. The fourth-order valence-electron chi connectivity index (χ4n) is 1.77. The van der Waals surface area contributed by atoms with Gasteiger partial charge in [0.15, 0.2) is 12.2 Å². The van der Waals surface area contributed by atoms with E-state index >= 15 is 0 Å². The average molecular weight is 219 g/mol. The summed E-state index contributed by atoms with van der Waals surface area (Å²) in [5.74, 6) is 1.84. The van der Waals surface area contributed by atoms with Crippen molar-refractivity contribution < 1.29 is 4.42 Å². The van der Waals surface area contributed by atoms with Crippen LogP contribution in [0.3, 0.4) is 0 Å².